The predicted octanol–water partition coefficient (Wildman–Crippen LogP) is 2.44. The zero-order chi connectivity index (χ0) is 17.7. The molecule has 0 amide bonds. The largest absolute Gasteiger partial charge is 0.364 e. The lowest BCUT2D eigenvalue weighted by atomic mass is 9.88. The van der Waals surface area contributed by atoms with Crippen LogP contribution in [-0.4, -0.2) is 60.2 Å². The van der Waals surface area contributed by atoms with Crippen LogP contribution in [0.3, 0.4) is 0 Å². The van der Waals surface area contributed by atoms with E-state index in [-0.39, 0.29) is 5.54 Å². The smallest absolute Gasteiger partial charge is 0.193 e. The Morgan fingerprint density at radius 2 is 2.08 bits per heavy atom. The molecule has 2 rings (SSSR count). The number of piperidine rings is 1. The Morgan fingerprint density at radius 3 is 2.62 bits per heavy atom. The molecule has 136 valence electrons. The summed E-state index contributed by atoms with van der Waals surface area (Å²) in [6, 6.07) is 1.88. The number of rotatable bonds is 5. The first-order chi connectivity index (χ1) is 11.3. The van der Waals surface area contributed by atoms with Crippen molar-refractivity contribution < 1.29 is 4.52 Å². The van der Waals surface area contributed by atoms with Gasteiger partial charge in [0.2, 0.25) is 0 Å². The fourth-order valence-corrected chi connectivity index (χ4v) is 3.59. The van der Waals surface area contributed by atoms with E-state index >= 15 is 0 Å². The molecule has 0 radical (unpaired) electrons. The normalized spacial score (nSPS) is 23.3. The number of aromatic nitrogens is 1. The van der Waals surface area contributed by atoms with E-state index in [9.17, 15) is 0 Å². The molecule has 0 aliphatic carbocycles. The summed E-state index contributed by atoms with van der Waals surface area (Å²) in [5, 5.41) is 7.49. The molecule has 0 bridgehead atoms. The van der Waals surface area contributed by atoms with E-state index in [0.717, 1.165) is 30.0 Å². The van der Waals surface area contributed by atoms with Crippen LogP contribution in [0.4, 0.5) is 0 Å². The zero-order valence-electron chi connectivity index (χ0n) is 16.0. The molecule has 0 aromatic carbocycles. The lowest BCUT2D eigenvalue weighted by Gasteiger charge is -2.45. The third-order valence-corrected chi connectivity index (χ3v) is 4.87. The highest BCUT2D eigenvalue weighted by atomic mass is 16.5. The van der Waals surface area contributed by atoms with Gasteiger partial charge in [0.1, 0.15) is 12.0 Å². The van der Waals surface area contributed by atoms with E-state index in [1.54, 1.807) is 6.26 Å². The quantitative estimate of drug-likeness (QED) is 0.661. The minimum Gasteiger partial charge on any atom is -0.364 e. The van der Waals surface area contributed by atoms with Gasteiger partial charge in [-0.2, -0.15) is 0 Å². The number of aliphatic imine (C=N–C) groups is 1. The fraction of sp³-hybridized carbons (Fsp3) is 0.778. The van der Waals surface area contributed by atoms with E-state index in [4.69, 9.17) is 4.52 Å². The van der Waals surface area contributed by atoms with Crippen molar-refractivity contribution in [3.8, 4) is 0 Å². The van der Waals surface area contributed by atoms with Crippen LogP contribution in [0.2, 0.25) is 0 Å². The summed E-state index contributed by atoms with van der Waals surface area (Å²) in [6.07, 6.45) is 2.93. The Hall–Kier alpha value is -1.56. The monoisotopic (exact) mass is 335 g/mol. The second-order valence-corrected chi connectivity index (χ2v) is 7.91. The van der Waals surface area contributed by atoms with Crippen molar-refractivity contribution in [1.29, 1.82) is 0 Å². The minimum atomic E-state index is 0.0909. The molecule has 2 atom stereocenters. The summed E-state index contributed by atoms with van der Waals surface area (Å²) >= 11 is 0. The number of nitrogens with one attached hydrogen (secondary N) is 1. The second kappa shape index (κ2) is 8.01. The Kier molecular flexibility index (Phi) is 6.27. The van der Waals surface area contributed by atoms with E-state index in [1.165, 1.54) is 19.5 Å². The van der Waals surface area contributed by atoms with Gasteiger partial charge in [0.05, 0.1) is 6.54 Å². The first-order valence-electron chi connectivity index (χ1n) is 8.88. The molecule has 2 heterocycles. The molecule has 2 unspecified atom stereocenters. The van der Waals surface area contributed by atoms with Gasteiger partial charge in [0.25, 0.3) is 0 Å². The van der Waals surface area contributed by atoms with Crippen LogP contribution in [0.15, 0.2) is 21.8 Å². The third kappa shape index (κ3) is 4.97. The molecule has 0 spiro atoms. The zero-order valence-corrected chi connectivity index (χ0v) is 16.0. The Labute approximate surface area is 146 Å². The van der Waals surface area contributed by atoms with Crippen molar-refractivity contribution in [2.75, 3.05) is 33.7 Å². The molecule has 0 saturated carbocycles. The molecule has 6 heteroatoms. The van der Waals surface area contributed by atoms with E-state index in [2.05, 4.69) is 53.0 Å². The lowest BCUT2D eigenvalue weighted by Crippen LogP contribution is -2.57. The summed E-state index contributed by atoms with van der Waals surface area (Å²) in [7, 11) is 3.84. The number of guanidine groups is 1. The Morgan fingerprint density at radius 1 is 1.42 bits per heavy atom. The van der Waals surface area contributed by atoms with Gasteiger partial charge in [-0.15, -0.1) is 0 Å². The van der Waals surface area contributed by atoms with Crippen molar-refractivity contribution in [3.05, 3.63) is 18.0 Å². The van der Waals surface area contributed by atoms with E-state index < -0.39 is 0 Å². The summed E-state index contributed by atoms with van der Waals surface area (Å²) in [5.41, 5.74) is 0.992. The molecule has 1 fully saturated rings. The van der Waals surface area contributed by atoms with Crippen LogP contribution >= 0.6 is 0 Å². The highest BCUT2D eigenvalue weighted by molar-refractivity contribution is 5.79. The van der Waals surface area contributed by atoms with Gasteiger partial charge >= 0.3 is 0 Å². The average molecular weight is 335 g/mol. The van der Waals surface area contributed by atoms with Gasteiger partial charge in [-0.05, 0) is 32.1 Å². The SMILES string of the molecule is CN=C(NCC(C)(C)N1CC(C)CC(C)C1)N(C)Cc1ccon1. The lowest BCUT2D eigenvalue weighted by molar-refractivity contribution is 0.0480. The second-order valence-electron chi connectivity index (χ2n) is 7.91. The molecular formula is C18H33N5O. The topological polar surface area (TPSA) is 56.9 Å². The van der Waals surface area contributed by atoms with Gasteiger partial charge in [0, 0.05) is 45.3 Å². The van der Waals surface area contributed by atoms with Crippen LogP contribution in [0, 0.1) is 11.8 Å². The number of nitrogens with zero attached hydrogens (tertiary/aromatic N) is 4. The van der Waals surface area contributed by atoms with Crippen LogP contribution < -0.4 is 5.32 Å². The van der Waals surface area contributed by atoms with Crippen molar-refractivity contribution in [2.24, 2.45) is 16.8 Å². The van der Waals surface area contributed by atoms with Crippen LogP contribution in [-0.2, 0) is 6.54 Å². The maximum absolute atomic E-state index is 4.90. The van der Waals surface area contributed by atoms with Crippen LogP contribution in [0.5, 0.6) is 0 Å². The third-order valence-electron chi connectivity index (χ3n) is 4.87. The van der Waals surface area contributed by atoms with Crippen molar-refractivity contribution in [2.45, 2.75) is 46.2 Å². The van der Waals surface area contributed by atoms with Crippen LogP contribution in [0.25, 0.3) is 0 Å². The number of hydrogen-bond donors (Lipinski definition) is 1. The standard InChI is InChI=1S/C18H33N5O/c1-14-9-15(2)11-23(10-14)18(3,4)13-20-17(19-5)22(6)12-16-7-8-24-21-16/h7-8,14-15H,9-13H2,1-6H3,(H,19,20). The van der Waals surface area contributed by atoms with E-state index in [0.29, 0.717) is 6.54 Å². The first kappa shape index (κ1) is 18.8. The van der Waals surface area contributed by atoms with Crippen molar-refractivity contribution in [1.82, 2.24) is 20.3 Å². The van der Waals surface area contributed by atoms with Gasteiger partial charge in [0.15, 0.2) is 5.96 Å². The summed E-state index contributed by atoms with van der Waals surface area (Å²) in [5.74, 6) is 2.41. The van der Waals surface area contributed by atoms with Gasteiger partial charge in [-0.3, -0.25) is 9.89 Å². The number of hydrogen-bond acceptors (Lipinski definition) is 4. The Balaban J connectivity index is 1.91. The molecule has 1 saturated heterocycles. The highest BCUT2D eigenvalue weighted by Gasteiger charge is 2.32. The van der Waals surface area contributed by atoms with Crippen molar-refractivity contribution in [3.63, 3.8) is 0 Å². The summed E-state index contributed by atoms with van der Waals surface area (Å²) < 4.78 is 4.90. The van der Waals surface area contributed by atoms with Crippen molar-refractivity contribution >= 4 is 5.96 Å². The van der Waals surface area contributed by atoms with Gasteiger partial charge in [-0.1, -0.05) is 19.0 Å². The number of likely N-dealkylation sites (tertiary alicyclic amines) is 1. The molecule has 6 nitrogen and oxygen atoms in total. The Bertz CT molecular complexity index is 516. The highest BCUT2D eigenvalue weighted by Crippen LogP contribution is 2.26. The predicted molar refractivity (Wildman–Crippen MR) is 97.9 cm³/mol. The molecule has 1 aliphatic heterocycles. The van der Waals surface area contributed by atoms with Gasteiger partial charge < -0.3 is 14.7 Å². The molecule has 1 N–H and O–H groups in total. The van der Waals surface area contributed by atoms with E-state index in [1.807, 2.05) is 20.2 Å². The maximum atomic E-state index is 4.90. The minimum absolute atomic E-state index is 0.0909. The van der Waals surface area contributed by atoms with Crippen LogP contribution in [0.1, 0.15) is 39.8 Å². The average Bonchev–Trinajstić information content (AvgIpc) is 2.99. The molecule has 1 aromatic rings. The molecule has 1 aliphatic rings. The van der Waals surface area contributed by atoms with Gasteiger partial charge in [-0.25, -0.2) is 0 Å². The molecular weight excluding hydrogens is 302 g/mol. The summed E-state index contributed by atoms with van der Waals surface area (Å²) in [4.78, 5) is 9.08. The molecule has 1 aromatic heterocycles. The fourth-order valence-electron chi connectivity index (χ4n) is 3.59. The maximum Gasteiger partial charge on any atom is 0.193 e. The summed E-state index contributed by atoms with van der Waals surface area (Å²) in [6.45, 7) is 13.2. The molecule has 24 heavy (non-hydrogen) atoms. The first-order valence-corrected chi connectivity index (χ1v) is 8.88.